The average molecular weight is 378 g/mol. The molecule has 21 heavy (non-hydrogen) atoms. The highest BCUT2D eigenvalue weighted by Crippen LogP contribution is 2.29. The van der Waals surface area contributed by atoms with Gasteiger partial charge in [0.25, 0.3) is 5.69 Å². The van der Waals surface area contributed by atoms with Gasteiger partial charge in [-0.05, 0) is 48.0 Å². The van der Waals surface area contributed by atoms with Crippen LogP contribution in [0.25, 0.3) is 0 Å². The van der Waals surface area contributed by atoms with Crippen molar-refractivity contribution in [3.8, 4) is 0 Å². The molecule has 2 rings (SSSR count). The third-order valence-corrected chi connectivity index (χ3v) is 6.15. The first kappa shape index (κ1) is 16.3. The first-order chi connectivity index (χ1) is 9.86. The molecule has 0 amide bonds. The van der Waals surface area contributed by atoms with E-state index in [0.717, 1.165) is 12.8 Å². The highest BCUT2D eigenvalue weighted by atomic mass is 79.9. The Hall–Kier alpha value is -1.03. The van der Waals surface area contributed by atoms with Gasteiger partial charge in [-0.2, -0.15) is 4.31 Å². The summed E-state index contributed by atoms with van der Waals surface area (Å²) in [5.41, 5.74) is -0.150. The van der Waals surface area contributed by atoms with E-state index in [1.54, 1.807) is 0 Å². The number of nitro groups is 1. The number of piperidine rings is 1. The lowest BCUT2D eigenvalue weighted by atomic mass is 10.1. The fourth-order valence-electron chi connectivity index (χ4n) is 2.33. The quantitative estimate of drug-likeness (QED) is 0.636. The zero-order valence-electron chi connectivity index (χ0n) is 11.5. The molecule has 9 heteroatoms. The van der Waals surface area contributed by atoms with Crippen LogP contribution in [0.2, 0.25) is 0 Å². The number of rotatable bonds is 4. The van der Waals surface area contributed by atoms with E-state index >= 15 is 0 Å². The highest BCUT2D eigenvalue weighted by Gasteiger charge is 2.29. The van der Waals surface area contributed by atoms with Gasteiger partial charge < -0.3 is 5.32 Å². The largest absolute Gasteiger partial charge is 0.317 e. The van der Waals surface area contributed by atoms with Crippen molar-refractivity contribution >= 4 is 31.6 Å². The second kappa shape index (κ2) is 6.39. The Labute approximate surface area is 131 Å². The zero-order chi connectivity index (χ0) is 15.6. The maximum atomic E-state index is 12.5. The van der Waals surface area contributed by atoms with Crippen LogP contribution in [-0.2, 0) is 10.0 Å². The third-order valence-electron chi connectivity index (χ3n) is 3.62. The molecule has 1 N–H and O–H groups in total. The van der Waals surface area contributed by atoms with Crippen LogP contribution in [0.3, 0.4) is 0 Å². The van der Waals surface area contributed by atoms with Crippen molar-refractivity contribution in [1.29, 1.82) is 0 Å². The van der Waals surface area contributed by atoms with Crippen LogP contribution in [0.4, 0.5) is 5.69 Å². The standard InChI is InChI=1S/C12H16BrN3O4S/c1-14-9-4-6-15(7-5-9)21(19,20)10-2-3-12(16(17)18)11(13)8-10/h2-3,8-9,14H,4-7H2,1H3. The smallest absolute Gasteiger partial charge is 0.283 e. The molecule has 0 saturated carbocycles. The Kier molecular flexibility index (Phi) is 4.97. The Balaban J connectivity index is 2.24. The van der Waals surface area contributed by atoms with Crippen molar-refractivity contribution in [2.75, 3.05) is 20.1 Å². The Morgan fingerprint density at radius 2 is 2.00 bits per heavy atom. The van der Waals surface area contributed by atoms with Crippen LogP contribution < -0.4 is 5.32 Å². The molecule has 0 bridgehead atoms. The summed E-state index contributed by atoms with van der Waals surface area (Å²) in [5, 5.41) is 13.9. The number of benzene rings is 1. The minimum Gasteiger partial charge on any atom is -0.317 e. The topological polar surface area (TPSA) is 92.6 Å². The van der Waals surface area contributed by atoms with Gasteiger partial charge in [-0.15, -0.1) is 0 Å². The van der Waals surface area contributed by atoms with Crippen LogP contribution in [0.1, 0.15) is 12.8 Å². The van der Waals surface area contributed by atoms with Gasteiger partial charge in [-0.1, -0.05) is 0 Å². The fraction of sp³-hybridized carbons (Fsp3) is 0.500. The third kappa shape index (κ3) is 3.42. The molecule has 0 spiro atoms. The fourth-order valence-corrected chi connectivity index (χ4v) is 4.50. The summed E-state index contributed by atoms with van der Waals surface area (Å²) in [4.78, 5) is 10.3. The maximum absolute atomic E-state index is 12.5. The average Bonchev–Trinajstić information content (AvgIpc) is 2.46. The summed E-state index contributed by atoms with van der Waals surface area (Å²) in [6.07, 6.45) is 1.51. The molecule has 0 unspecified atom stereocenters. The van der Waals surface area contributed by atoms with Crippen LogP contribution in [-0.4, -0.2) is 43.8 Å². The van der Waals surface area contributed by atoms with Crippen LogP contribution in [0.5, 0.6) is 0 Å². The summed E-state index contributed by atoms with van der Waals surface area (Å²) in [5.74, 6) is 0. The minimum absolute atomic E-state index is 0.0721. The lowest BCUT2D eigenvalue weighted by Crippen LogP contribution is -2.43. The molecule has 0 aliphatic carbocycles. The van der Waals surface area contributed by atoms with Gasteiger partial charge in [0.1, 0.15) is 0 Å². The molecule has 7 nitrogen and oxygen atoms in total. The second-order valence-electron chi connectivity index (χ2n) is 4.84. The molecule has 1 aromatic carbocycles. The summed E-state index contributed by atoms with van der Waals surface area (Å²) < 4.78 is 26.7. The van der Waals surface area contributed by atoms with E-state index < -0.39 is 14.9 Å². The first-order valence-corrected chi connectivity index (χ1v) is 8.71. The van der Waals surface area contributed by atoms with Crippen molar-refractivity contribution in [2.24, 2.45) is 0 Å². The predicted molar refractivity (Wildman–Crippen MR) is 81.6 cm³/mol. The molecular formula is C12H16BrN3O4S. The number of nitrogens with zero attached hydrogens (tertiary/aromatic N) is 2. The van der Waals surface area contributed by atoms with E-state index in [1.165, 1.54) is 22.5 Å². The summed E-state index contributed by atoms with van der Waals surface area (Å²) in [6, 6.07) is 4.11. The van der Waals surface area contributed by atoms with Crippen molar-refractivity contribution in [3.05, 3.63) is 32.8 Å². The van der Waals surface area contributed by atoms with Crippen LogP contribution in [0, 0.1) is 10.1 Å². The Morgan fingerprint density at radius 1 is 1.38 bits per heavy atom. The van der Waals surface area contributed by atoms with Gasteiger partial charge in [0, 0.05) is 25.2 Å². The number of halogens is 1. The van der Waals surface area contributed by atoms with E-state index in [-0.39, 0.29) is 15.1 Å². The molecule has 1 aromatic rings. The van der Waals surface area contributed by atoms with Gasteiger partial charge in [0.15, 0.2) is 0 Å². The number of nitro benzene ring substituents is 1. The normalized spacial score (nSPS) is 17.8. The monoisotopic (exact) mass is 377 g/mol. The van der Waals surface area contributed by atoms with Gasteiger partial charge in [0.2, 0.25) is 10.0 Å². The van der Waals surface area contributed by atoms with E-state index in [9.17, 15) is 18.5 Å². The number of hydrogen-bond acceptors (Lipinski definition) is 5. The van der Waals surface area contributed by atoms with E-state index in [2.05, 4.69) is 21.2 Å². The zero-order valence-corrected chi connectivity index (χ0v) is 13.9. The molecule has 0 radical (unpaired) electrons. The summed E-state index contributed by atoms with van der Waals surface area (Å²) >= 11 is 3.05. The first-order valence-electron chi connectivity index (χ1n) is 6.47. The lowest BCUT2D eigenvalue weighted by molar-refractivity contribution is -0.385. The highest BCUT2D eigenvalue weighted by molar-refractivity contribution is 9.10. The summed E-state index contributed by atoms with van der Waals surface area (Å²) in [7, 11) is -1.74. The maximum Gasteiger partial charge on any atom is 0.283 e. The van der Waals surface area contributed by atoms with Crippen molar-refractivity contribution in [1.82, 2.24) is 9.62 Å². The SMILES string of the molecule is CNC1CCN(S(=O)(=O)c2ccc([N+](=O)[O-])c(Br)c2)CC1. The lowest BCUT2D eigenvalue weighted by Gasteiger charge is -2.30. The van der Waals surface area contributed by atoms with Gasteiger partial charge in [-0.25, -0.2) is 8.42 Å². The van der Waals surface area contributed by atoms with Crippen molar-refractivity contribution in [2.45, 2.75) is 23.8 Å². The Morgan fingerprint density at radius 3 is 2.48 bits per heavy atom. The molecular weight excluding hydrogens is 362 g/mol. The van der Waals surface area contributed by atoms with E-state index in [1.807, 2.05) is 7.05 Å². The van der Waals surface area contributed by atoms with Gasteiger partial charge in [0.05, 0.1) is 14.3 Å². The molecule has 1 heterocycles. The Bertz CT molecular complexity index is 642. The summed E-state index contributed by atoms with van der Waals surface area (Å²) in [6.45, 7) is 0.894. The number of hydrogen-bond donors (Lipinski definition) is 1. The second-order valence-corrected chi connectivity index (χ2v) is 7.63. The molecule has 116 valence electrons. The predicted octanol–water partition coefficient (Wildman–Crippen LogP) is 1.73. The molecule has 1 saturated heterocycles. The number of nitrogens with one attached hydrogen (secondary N) is 1. The minimum atomic E-state index is -3.61. The molecule has 1 aliphatic heterocycles. The van der Waals surface area contributed by atoms with Crippen LogP contribution >= 0.6 is 15.9 Å². The molecule has 0 atom stereocenters. The molecule has 1 aliphatic rings. The van der Waals surface area contributed by atoms with E-state index in [4.69, 9.17) is 0 Å². The van der Waals surface area contributed by atoms with Gasteiger partial charge in [-0.3, -0.25) is 10.1 Å². The number of sulfonamides is 1. The van der Waals surface area contributed by atoms with Gasteiger partial charge >= 0.3 is 0 Å². The molecule has 0 aromatic heterocycles. The van der Waals surface area contributed by atoms with Crippen LogP contribution in [0.15, 0.2) is 27.6 Å². The van der Waals surface area contributed by atoms with Crippen molar-refractivity contribution < 1.29 is 13.3 Å². The van der Waals surface area contributed by atoms with E-state index in [0.29, 0.717) is 19.1 Å². The molecule has 1 fully saturated rings. The van der Waals surface area contributed by atoms with Crippen molar-refractivity contribution in [3.63, 3.8) is 0 Å².